The fourth-order valence-electron chi connectivity index (χ4n) is 2.11. The Balaban J connectivity index is 1.92. The summed E-state index contributed by atoms with van der Waals surface area (Å²) in [6, 6.07) is 7.37. The molecule has 2 rings (SSSR count). The molecule has 1 aliphatic heterocycles. The first-order valence-corrected chi connectivity index (χ1v) is 7.30. The molecule has 0 saturated carbocycles. The molecule has 19 heavy (non-hydrogen) atoms. The van der Waals surface area contributed by atoms with Gasteiger partial charge < -0.3 is 9.64 Å². The summed E-state index contributed by atoms with van der Waals surface area (Å²) >= 11 is 6.02. The van der Waals surface area contributed by atoms with Crippen molar-refractivity contribution in [3.8, 4) is 5.75 Å². The van der Waals surface area contributed by atoms with Gasteiger partial charge in [-0.2, -0.15) is 0 Å². The second kappa shape index (κ2) is 6.80. The van der Waals surface area contributed by atoms with E-state index in [0.717, 1.165) is 38.2 Å². The molecule has 3 nitrogen and oxygen atoms in total. The van der Waals surface area contributed by atoms with Gasteiger partial charge in [-0.1, -0.05) is 13.3 Å². The van der Waals surface area contributed by atoms with Gasteiger partial charge in [0.1, 0.15) is 5.75 Å². The highest BCUT2D eigenvalue weighted by molar-refractivity contribution is 6.21. The first-order valence-electron chi connectivity index (χ1n) is 6.87. The number of nitrogens with zero attached hydrogens (tertiary/aromatic N) is 1. The number of amides is 1. The van der Waals surface area contributed by atoms with Gasteiger partial charge in [0.2, 0.25) is 0 Å². The van der Waals surface area contributed by atoms with Crippen molar-refractivity contribution in [2.75, 3.05) is 19.7 Å². The van der Waals surface area contributed by atoms with Crippen molar-refractivity contribution in [2.24, 2.45) is 0 Å². The molecule has 1 amide bonds. The number of likely N-dealkylation sites (tertiary alicyclic amines) is 1. The van der Waals surface area contributed by atoms with E-state index in [9.17, 15) is 4.79 Å². The van der Waals surface area contributed by atoms with Crippen molar-refractivity contribution < 1.29 is 9.53 Å². The van der Waals surface area contributed by atoms with E-state index >= 15 is 0 Å². The highest BCUT2D eigenvalue weighted by Crippen LogP contribution is 2.19. The third-order valence-electron chi connectivity index (χ3n) is 3.29. The predicted octanol–water partition coefficient (Wildman–Crippen LogP) is 3.32. The predicted molar refractivity (Wildman–Crippen MR) is 77.0 cm³/mol. The summed E-state index contributed by atoms with van der Waals surface area (Å²) in [6.45, 7) is 4.26. The Bertz CT molecular complexity index is 419. The fraction of sp³-hybridized carbons (Fsp3) is 0.533. The smallest absolute Gasteiger partial charge is 0.253 e. The van der Waals surface area contributed by atoms with Crippen LogP contribution in [0.1, 0.15) is 36.5 Å². The van der Waals surface area contributed by atoms with Crippen molar-refractivity contribution >= 4 is 17.5 Å². The number of benzene rings is 1. The number of halogens is 1. The lowest BCUT2D eigenvalue weighted by atomic mass is 10.2. The monoisotopic (exact) mass is 281 g/mol. The molecule has 1 heterocycles. The van der Waals surface area contributed by atoms with Crippen LogP contribution in [0.25, 0.3) is 0 Å². The first kappa shape index (κ1) is 14.2. The maximum Gasteiger partial charge on any atom is 0.253 e. The van der Waals surface area contributed by atoms with E-state index in [2.05, 4.69) is 6.92 Å². The average Bonchev–Trinajstić information content (AvgIpc) is 2.86. The topological polar surface area (TPSA) is 29.5 Å². The highest BCUT2D eigenvalue weighted by Gasteiger charge is 2.25. The molecule has 0 bridgehead atoms. The van der Waals surface area contributed by atoms with Crippen molar-refractivity contribution in [1.29, 1.82) is 0 Å². The SMILES string of the molecule is CCCCOc1ccc(C(=O)N2CCC(Cl)C2)cc1. The quantitative estimate of drug-likeness (QED) is 0.612. The Hall–Kier alpha value is -1.22. The van der Waals surface area contributed by atoms with Crippen LogP contribution in [0, 0.1) is 0 Å². The number of alkyl halides is 1. The van der Waals surface area contributed by atoms with Crippen LogP contribution in [0.5, 0.6) is 5.75 Å². The Morgan fingerprint density at radius 1 is 1.42 bits per heavy atom. The Morgan fingerprint density at radius 3 is 2.74 bits per heavy atom. The molecule has 0 spiro atoms. The van der Waals surface area contributed by atoms with Crippen LogP contribution in [0.4, 0.5) is 0 Å². The van der Waals surface area contributed by atoms with Crippen LogP contribution in [0.2, 0.25) is 0 Å². The molecular formula is C15H20ClNO2. The second-order valence-corrected chi connectivity index (χ2v) is 5.48. The van der Waals surface area contributed by atoms with E-state index < -0.39 is 0 Å². The van der Waals surface area contributed by atoms with Crippen LogP contribution >= 0.6 is 11.6 Å². The maximum absolute atomic E-state index is 12.2. The van der Waals surface area contributed by atoms with Gasteiger partial charge in [-0.25, -0.2) is 0 Å². The molecular weight excluding hydrogens is 262 g/mol. The molecule has 0 aromatic heterocycles. The number of ether oxygens (including phenoxy) is 1. The highest BCUT2D eigenvalue weighted by atomic mass is 35.5. The van der Waals surface area contributed by atoms with Gasteiger partial charge in [-0.15, -0.1) is 11.6 Å². The van der Waals surface area contributed by atoms with Crippen molar-refractivity contribution in [3.63, 3.8) is 0 Å². The van der Waals surface area contributed by atoms with Gasteiger partial charge >= 0.3 is 0 Å². The van der Waals surface area contributed by atoms with Crippen molar-refractivity contribution in [3.05, 3.63) is 29.8 Å². The summed E-state index contributed by atoms with van der Waals surface area (Å²) in [7, 11) is 0. The molecule has 1 atom stereocenters. The van der Waals surface area contributed by atoms with Crippen LogP contribution < -0.4 is 4.74 Å². The lowest BCUT2D eigenvalue weighted by Crippen LogP contribution is -2.28. The van der Waals surface area contributed by atoms with Crippen LogP contribution in [0.15, 0.2) is 24.3 Å². The third kappa shape index (κ3) is 3.87. The molecule has 104 valence electrons. The summed E-state index contributed by atoms with van der Waals surface area (Å²) < 4.78 is 5.58. The van der Waals surface area contributed by atoms with Crippen molar-refractivity contribution in [1.82, 2.24) is 4.90 Å². The average molecular weight is 282 g/mol. The maximum atomic E-state index is 12.2. The molecule has 0 N–H and O–H groups in total. The molecule has 1 aromatic rings. The third-order valence-corrected chi connectivity index (χ3v) is 3.64. The normalized spacial score (nSPS) is 18.6. The zero-order valence-electron chi connectivity index (χ0n) is 11.3. The number of hydrogen-bond donors (Lipinski definition) is 0. The van der Waals surface area contributed by atoms with Gasteiger partial charge in [0.25, 0.3) is 5.91 Å². The van der Waals surface area contributed by atoms with Gasteiger partial charge in [0.15, 0.2) is 0 Å². The van der Waals surface area contributed by atoms with Gasteiger partial charge in [-0.05, 0) is 37.1 Å². The number of hydrogen-bond acceptors (Lipinski definition) is 2. The molecule has 0 radical (unpaired) electrons. The minimum atomic E-state index is 0.0586. The van der Waals surface area contributed by atoms with E-state index in [1.54, 1.807) is 0 Å². The lowest BCUT2D eigenvalue weighted by molar-refractivity contribution is 0.0793. The molecule has 1 unspecified atom stereocenters. The Morgan fingerprint density at radius 2 is 2.16 bits per heavy atom. The van der Waals surface area contributed by atoms with Gasteiger partial charge in [-0.3, -0.25) is 4.79 Å². The molecule has 1 saturated heterocycles. The zero-order valence-corrected chi connectivity index (χ0v) is 12.0. The van der Waals surface area contributed by atoms with Crippen LogP contribution in [0.3, 0.4) is 0 Å². The van der Waals surface area contributed by atoms with Gasteiger partial charge in [0, 0.05) is 18.7 Å². The van der Waals surface area contributed by atoms with E-state index in [0.29, 0.717) is 12.1 Å². The summed E-state index contributed by atoms with van der Waals surface area (Å²) in [6.07, 6.45) is 3.04. The lowest BCUT2D eigenvalue weighted by Gasteiger charge is -2.15. The summed E-state index contributed by atoms with van der Waals surface area (Å²) in [4.78, 5) is 14.0. The van der Waals surface area contributed by atoms with E-state index in [1.165, 1.54) is 0 Å². The number of carbonyl (C=O) groups is 1. The first-order chi connectivity index (χ1) is 9.20. The van der Waals surface area contributed by atoms with E-state index in [1.807, 2.05) is 29.2 Å². The molecule has 0 aliphatic carbocycles. The van der Waals surface area contributed by atoms with Crippen LogP contribution in [-0.2, 0) is 0 Å². The number of unbranched alkanes of at least 4 members (excludes halogenated alkanes) is 1. The minimum absolute atomic E-state index is 0.0586. The Labute approximate surface area is 119 Å². The summed E-state index contributed by atoms with van der Waals surface area (Å²) in [5.41, 5.74) is 0.702. The number of carbonyl (C=O) groups excluding carboxylic acids is 1. The molecule has 1 aliphatic rings. The molecule has 4 heteroatoms. The Kier molecular flexibility index (Phi) is 5.08. The second-order valence-electron chi connectivity index (χ2n) is 4.86. The van der Waals surface area contributed by atoms with Crippen molar-refractivity contribution in [2.45, 2.75) is 31.6 Å². The minimum Gasteiger partial charge on any atom is -0.494 e. The summed E-state index contributed by atoms with van der Waals surface area (Å²) in [5, 5.41) is 0.0978. The standard InChI is InChI=1S/C15H20ClNO2/c1-2-3-10-19-14-6-4-12(5-7-14)15(18)17-9-8-13(16)11-17/h4-7,13H,2-3,8-11H2,1H3. The molecule has 1 fully saturated rings. The zero-order chi connectivity index (χ0) is 13.7. The summed E-state index contributed by atoms with van der Waals surface area (Å²) in [5.74, 6) is 0.880. The van der Waals surface area contributed by atoms with Crippen LogP contribution in [-0.4, -0.2) is 35.9 Å². The molecule has 1 aromatic carbocycles. The van der Waals surface area contributed by atoms with E-state index in [4.69, 9.17) is 16.3 Å². The van der Waals surface area contributed by atoms with Gasteiger partial charge in [0.05, 0.1) is 12.0 Å². The van der Waals surface area contributed by atoms with E-state index in [-0.39, 0.29) is 11.3 Å². The largest absolute Gasteiger partial charge is 0.494 e. The number of rotatable bonds is 5. The fourth-order valence-corrected chi connectivity index (χ4v) is 2.38.